The predicted molar refractivity (Wildman–Crippen MR) is 84.2 cm³/mol. The standard InChI is InChI=1S/C15H21N5O3/c1-8-5-6-10(23-8)20-13-11(14(21)19-20)12(16)17-15(18-13)22-7-9-3-2-4-9/h8-10H,2-7H2,1H3,(H,19,21)(H2,16,17,18). The van der Waals surface area contributed by atoms with Gasteiger partial charge in [-0.25, -0.2) is 4.68 Å². The van der Waals surface area contributed by atoms with Gasteiger partial charge in [0.05, 0.1) is 12.7 Å². The second-order valence-electron chi connectivity index (χ2n) is 6.49. The molecule has 2 unspecified atom stereocenters. The first-order valence-corrected chi connectivity index (χ1v) is 8.18. The lowest BCUT2D eigenvalue weighted by Crippen LogP contribution is -2.20. The van der Waals surface area contributed by atoms with E-state index < -0.39 is 0 Å². The zero-order chi connectivity index (χ0) is 16.0. The monoisotopic (exact) mass is 319 g/mol. The van der Waals surface area contributed by atoms with Gasteiger partial charge in [0, 0.05) is 0 Å². The summed E-state index contributed by atoms with van der Waals surface area (Å²) in [6.07, 6.45) is 5.31. The summed E-state index contributed by atoms with van der Waals surface area (Å²) in [5.74, 6) is 0.715. The number of ether oxygens (including phenoxy) is 2. The van der Waals surface area contributed by atoms with E-state index in [1.807, 2.05) is 6.92 Å². The number of nitrogens with two attached hydrogens (primary N) is 1. The van der Waals surface area contributed by atoms with Gasteiger partial charge in [0.1, 0.15) is 11.2 Å². The number of nitrogens with one attached hydrogen (secondary N) is 1. The molecule has 0 bridgehead atoms. The van der Waals surface area contributed by atoms with Crippen LogP contribution in [0.2, 0.25) is 0 Å². The van der Waals surface area contributed by atoms with Gasteiger partial charge >= 0.3 is 6.01 Å². The second kappa shape index (κ2) is 5.52. The van der Waals surface area contributed by atoms with E-state index in [0.29, 0.717) is 23.6 Å². The lowest BCUT2D eigenvalue weighted by molar-refractivity contribution is 0.00544. The maximum atomic E-state index is 12.2. The molecule has 8 nitrogen and oxygen atoms in total. The van der Waals surface area contributed by atoms with Crippen LogP contribution in [-0.2, 0) is 4.74 Å². The fourth-order valence-corrected chi connectivity index (χ4v) is 3.15. The molecular weight excluding hydrogens is 298 g/mol. The van der Waals surface area contributed by atoms with E-state index in [1.165, 1.54) is 19.3 Å². The maximum Gasteiger partial charge on any atom is 0.320 e. The van der Waals surface area contributed by atoms with Crippen LogP contribution >= 0.6 is 0 Å². The number of H-pyrrole nitrogens is 1. The third-order valence-electron chi connectivity index (χ3n) is 4.75. The van der Waals surface area contributed by atoms with Crippen molar-refractivity contribution >= 4 is 16.9 Å². The second-order valence-corrected chi connectivity index (χ2v) is 6.49. The van der Waals surface area contributed by atoms with Crippen molar-refractivity contribution in [2.75, 3.05) is 12.3 Å². The quantitative estimate of drug-likeness (QED) is 0.885. The summed E-state index contributed by atoms with van der Waals surface area (Å²) in [4.78, 5) is 20.7. The van der Waals surface area contributed by atoms with Crippen LogP contribution in [0, 0.1) is 5.92 Å². The summed E-state index contributed by atoms with van der Waals surface area (Å²) < 4.78 is 13.1. The number of aromatic amines is 1. The molecule has 2 aromatic rings. The van der Waals surface area contributed by atoms with Gasteiger partial charge in [-0.3, -0.25) is 9.89 Å². The largest absolute Gasteiger partial charge is 0.463 e. The molecular formula is C15H21N5O3. The van der Waals surface area contributed by atoms with E-state index in [-0.39, 0.29) is 29.7 Å². The normalized spacial score (nSPS) is 24.9. The minimum atomic E-state index is -0.300. The number of hydrogen-bond donors (Lipinski definition) is 2. The van der Waals surface area contributed by atoms with Crippen LogP contribution < -0.4 is 16.0 Å². The van der Waals surface area contributed by atoms with Crippen LogP contribution in [0.3, 0.4) is 0 Å². The first kappa shape index (κ1) is 14.5. The fourth-order valence-electron chi connectivity index (χ4n) is 3.15. The summed E-state index contributed by atoms with van der Waals surface area (Å²) in [5.41, 5.74) is 6.09. The molecule has 3 N–H and O–H groups in total. The molecule has 2 aromatic heterocycles. The van der Waals surface area contributed by atoms with Crippen molar-refractivity contribution in [3.63, 3.8) is 0 Å². The van der Waals surface area contributed by atoms with Gasteiger partial charge in [0.15, 0.2) is 11.9 Å². The molecule has 124 valence electrons. The molecule has 8 heteroatoms. The first-order valence-electron chi connectivity index (χ1n) is 8.18. The van der Waals surface area contributed by atoms with Gasteiger partial charge in [0.25, 0.3) is 5.56 Å². The molecule has 0 amide bonds. The zero-order valence-corrected chi connectivity index (χ0v) is 13.1. The van der Waals surface area contributed by atoms with Crippen molar-refractivity contribution < 1.29 is 9.47 Å². The van der Waals surface area contributed by atoms with Crippen molar-refractivity contribution in [3.05, 3.63) is 10.4 Å². The van der Waals surface area contributed by atoms with Crippen LogP contribution in [0.5, 0.6) is 6.01 Å². The Labute approximate surface area is 133 Å². The third kappa shape index (κ3) is 2.56. The number of aromatic nitrogens is 4. The molecule has 1 aliphatic heterocycles. The van der Waals surface area contributed by atoms with Gasteiger partial charge in [-0.2, -0.15) is 9.97 Å². The van der Waals surface area contributed by atoms with E-state index in [9.17, 15) is 4.79 Å². The Morgan fingerprint density at radius 3 is 2.83 bits per heavy atom. The number of hydrogen-bond acceptors (Lipinski definition) is 6. The van der Waals surface area contributed by atoms with Crippen LogP contribution in [0.25, 0.3) is 11.0 Å². The number of nitrogen functional groups attached to an aromatic ring is 1. The number of fused-ring (bicyclic) bond motifs is 1. The Balaban J connectivity index is 1.69. The van der Waals surface area contributed by atoms with Crippen LogP contribution in [0.1, 0.15) is 45.3 Å². The van der Waals surface area contributed by atoms with E-state index in [4.69, 9.17) is 15.2 Å². The van der Waals surface area contributed by atoms with E-state index in [2.05, 4.69) is 15.1 Å². The van der Waals surface area contributed by atoms with Gasteiger partial charge < -0.3 is 15.2 Å². The van der Waals surface area contributed by atoms with E-state index in [0.717, 1.165) is 12.8 Å². The highest BCUT2D eigenvalue weighted by Crippen LogP contribution is 2.30. The summed E-state index contributed by atoms with van der Waals surface area (Å²) in [7, 11) is 0. The molecule has 23 heavy (non-hydrogen) atoms. The fraction of sp³-hybridized carbons (Fsp3) is 0.667. The van der Waals surface area contributed by atoms with E-state index >= 15 is 0 Å². The lowest BCUT2D eigenvalue weighted by atomic mass is 9.86. The molecule has 0 aromatic carbocycles. The molecule has 2 aliphatic rings. The number of nitrogens with zero attached hydrogens (tertiary/aromatic N) is 3. The highest BCUT2D eigenvalue weighted by atomic mass is 16.5. The van der Waals surface area contributed by atoms with Crippen molar-refractivity contribution in [2.24, 2.45) is 5.92 Å². The summed E-state index contributed by atoms with van der Waals surface area (Å²) in [6, 6.07) is 0.223. The average Bonchev–Trinajstić information content (AvgIpc) is 3.01. The predicted octanol–water partition coefficient (Wildman–Crippen LogP) is 1.58. The maximum absolute atomic E-state index is 12.2. The Hall–Kier alpha value is -2.09. The Morgan fingerprint density at radius 2 is 2.17 bits per heavy atom. The first-order chi connectivity index (χ1) is 11.1. The molecule has 2 fully saturated rings. The Morgan fingerprint density at radius 1 is 1.35 bits per heavy atom. The molecule has 0 spiro atoms. The summed E-state index contributed by atoms with van der Waals surface area (Å²) in [6.45, 7) is 2.61. The van der Waals surface area contributed by atoms with Gasteiger partial charge in [-0.1, -0.05) is 6.42 Å². The Kier molecular flexibility index (Phi) is 3.48. The number of rotatable bonds is 4. The molecule has 4 rings (SSSR count). The number of anilines is 1. The van der Waals surface area contributed by atoms with Crippen molar-refractivity contribution in [2.45, 2.75) is 51.4 Å². The molecule has 1 saturated carbocycles. The van der Waals surface area contributed by atoms with Crippen LogP contribution in [0.15, 0.2) is 4.79 Å². The van der Waals surface area contributed by atoms with Gasteiger partial charge in [0.2, 0.25) is 0 Å². The lowest BCUT2D eigenvalue weighted by Gasteiger charge is -2.24. The van der Waals surface area contributed by atoms with Crippen LogP contribution in [0.4, 0.5) is 5.82 Å². The summed E-state index contributed by atoms with van der Waals surface area (Å²) in [5, 5.41) is 3.06. The topological polar surface area (TPSA) is 108 Å². The van der Waals surface area contributed by atoms with Gasteiger partial charge in [-0.15, -0.1) is 0 Å². The van der Waals surface area contributed by atoms with Gasteiger partial charge in [-0.05, 0) is 38.5 Å². The molecule has 1 aliphatic carbocycles. The molecule has 0 radical (unpaired) electrons. The third-order valence-corrected chi connectivity index (χ3v) is 4.75. The zero-order valence-electron chi connectivity index (χ0n) is 13.1. The highest BCUT2D eigenvalue weighted by molar-refractivity contribution is 5.85. The molecule has 3 heterocycles. The highest BCUT2D eigenvalue weighted by Gasteiger charge is 2.27. The minimum absolute atomic E-state index is 0.143. The summed E-state index contributed by atoms with van der Waals surface area (Å²) >= 11 is 0. The molecule has 1 saturated heterocycles. The smallest absolute Gasteiger partial charge is 0.320 e. The minimum Gasteiger partial charge on any atom is -0.463 e. The molecule has 2 atom stereocenters. The SMILES string of the molecule is CC1CCC(n2[nH]c(=O)c3c(N)nc(OCC4CCC4)nc32)O1. The van der Waals surface area contributed by atoms with Crippen LogP contribution in [-0.4, -0.2) is 32.5 Å². The Bertz CT molecular complexity index is 779. The van der Waals surface area contributed by atoms with Crippen molar-refractivity contribution in [1.82, 2.24) is 19.7 Å². The van der Waals surface area contributed by atoms with Crippen molar-refractivity contribution in [3.8, 4) is 6.01 Å². The average molecular weight is 319 g/mol. The van der Waals surface area contributed by atoms with E-state index in [1.54, 1.807) is 4.68 Å². The van der Waals surface area contributed by atoms with Crippen molar-refractivity contribution in [1.29, 1.82) is 0 Å².